The van der Waals surface area contributed by atoms with Crippen molar-refractivity contribution in [2.24, 2.45) is 4.99 Å². The average molecular weight is 578 g/mol. The lowest BCUT2D eigenvalue weighted by atomic mass is 10.2. The first-order valence-electron chi connectivity index (χ1n) is 9.79. The van der Waals surface area contributed by atoms with E-state index in [2.05, 4.69) is 26.2 Å². The molecule has 0 spiro atoms. The summed E-state index contributed by atoms with van der Waals surface area (Å²) in [6, 6.07) is 14.9. The number of nitrogens with one attached hydrogen (secondary N) is 1. The van der Waals surface area contributed by atoms with Crippen molar-refractivity contribution in [3.63, 3.8) is 0 Å². The molecule has 1 saturated heterocycles. The minimum absolute atomic E-state index is 0. The van der Waals surface area contributed by atoms with Crippen LogP contribution in [0.5, 0.6) is 0 Å². The predicted molar refractivity (Wildman–Crippen MR) is 138 cm³/mol. The Balaban J connectivity index is 0.00000341. The maximum Gasteiger partial charge on any atom is 0.242 e. The van der Waals surface area contributed by atoms with Gasteiger partial charge in [-0.05, 0) is 29.8 Å². The minimum Gasteiger partial charge on any atom is -0.368 e. The highest BCUT2D eigenvalue weighted by atomic mass is 127. The van der Waals surface area contributed by atoms with Crippen molar-refractivity contribution >= 4 is 57.2 Å². The van der Waals surface area contributed by atoms with Gasteiger partial charge in [0.2, 0.25) is 10.0 Å². The first-order valence-corrected chi connectivity index (χ1v) is 11.6. The molecule has 0 unspecified atom stereocenters. The number of benzene rings is 2. The zero-order valence-electron chi connectivity index (χ0n) is 18.0. The zero-order valence-corrected chi connectivity index (χ0v) is 21.9. The second-order valence-electron chi connectivity index (χ2n) is 7.25. The molecule has 31 heavy (non-hydrogen) atoms. The van der Waals surface area contributed by atoms with Crippen LogP contribution in [0.3, 0.4) is 0 Å². The van der Waals surface area contributed by atoms with Crippen LogP contribution in [-0.2, 0) is 16.6 Å². The molecule has 7 nitrogen and oxygen atoms in total. The van der Waals surface area contributed by atoms with Crippen molar-refractivity contribution in [2.75, 3.05) is 52.2 Å². The van der Waals surface area contributed by atoms with Gasteiger partial charge in [-0.2, -0.15) is 0 Å². The summed E-state index contributed by atoms with van der Waals surface area (Å²) in [5.41, 5.74) is 1.83. The van der Waals surface area contributed by atoms with Crippen molar-refractivity contribution < 1.29 is 8.42 Å². The van der Waals surface area contributed by atoms with Crippen molar-refractivity contribution in [3.8, 4) is 0 Å². The third-order valence-corrected chi connectivity index (χ3v) is 7.28. The summed E-state index contributed by atoms with van der Waals surface area (Å²) >= 11 is 6.12. The smallest absolute Gasteiger partial charge is 0.242 e. The summed E-state index contributed by atoms with van der Waals surface area (Å²) in [6.07, 6.45) is 0. The number of guanidine groups is 1. The quantitative estimate of drug-likeness (QED) is 0.336. The van der Waals surface area contributed by atoms with E-state index in [0.717, 1.165) is 42.8 Å². The molecule has 0 aliphatic carbocycles. The van der Waals surface area contributed by atoms with Crippen molar-refractivity contribution in [1.29, 1.82) is 0 Å². The van der Waals surface area contributed by atoms with Gasteiger partial charge in [0, 0.05) is 64.6 Å². The van der Waals surface area contributed by atoms with E-state index in [1.807, 2.05) is 30.3 Å². The Hall–Kier alpha value is -1.56. The summed E-state index contributed by atoms with van der Waals surface area (Å²) in [5.74, 6) is 0.762. The number of sulfonamides is 1. The molecule has 0 saturated carbocycles. The standard InChI is InChI=1S/C21H28ClN5O2S.HI/c1-23-21(24-16-17-7-4-5-10-20(17)30(28,29)25(2)3)27-13-11-26(12-14-27)19-9-6-8-18(22)15-19;/h4-10,15H,11-14,16H2,1-3H3,(H,23,24);1H. The average Bonchev–Trinajstić information content (AvgIpc) is 2.75. The van der Waals surface area contributed by atoms with Crippen LogP contribution >= 0.6 is 35.6 Å². The highest BCUT2D eigenvalue weighted by Crippen LogP contribution is 2.21. The molecule has 3 rings (SSSR count). The van der Waals surface area contributed by atoms with Gasteiger partial charge in [0.25, 0.3) is 0 Å². The lowest BCUT2D eigenvalue weighted by Crippen LogP contribution is -2.52. The summed E-state index contributed by atoms with van der Waals surface area (Å²) in [4.78, 5) is 9.19. The molecule has 2 aromatic carbocycles. The van der Waals surface area contributed by atoms with E-state index in [9.17, 15) is 8.42 Å². The lowest BCUT2D eigenvalue weighted by molar-refractivity contribution is 0.372. The Kier molecular flexibility index (Phi) is 9.41. The molecular weight excluding hydrogens is 549 g/mol. The number of halogens is 2. The number of anilines is 1. The van der Waals surface area contributed by atoms with E-state index in [1.165, 1.54) is 18.4 Å². The number of hydrogen-bond acceptors (Lipinski definition) is 4. The van der Waals surface area contributed by atoms with Gasteiger partial charge in [0.15, 0.2) is 5.96 Å². The van der Waals surface area contributed by atoms with E-state index < -0.39 is 10.0 Å². The van der Waals surface area contributed by atoms with Crippen molar-refractivity contribution in [2.45, 2.75) is 11.4 Å². The van der Waals surface area contributed by atoms with E-state index in [-0.39, 0.29) is 24.0 Å². The number of nitrogens with zero attached hydrogens (tertiary/aromatic N) is 4. The third kappa shape index (κ3) is 6.24. The zero-order chi connectivity index (χ0) is 21.7. The van der Waals surface area contributed by atoms with E-state index in [4.69, 9.17) is 11.6 Å². The van der Waals surface area contributed by atoms with E-state index in [1.54, 1.807) is 19.2 Å². The fourth-order valence-electron chi connectivity index (χ4n) is 3.45. The number of hydrogen-bond donors (Lipinski definition) is 1. The Labute approximate surface area is 207 Å². The molecule has 0 atom stereocenters. The normalized spacial score (nSPS) is 15.1. The summed E-state index contributed by atoms with van der Waals surface area (Å²) in [7, 11) is 1.32. The van der Waals surface area contributed by atoms with Gasteiger partial charge in [-0.25, -0.2) is 12.7 Å². The Bertz CT molecular complexity index is 1010. The maximum absolute atomic E-state index is 12.6. The maximum atomic E-state index is 12.6. The molecule has 1 N–H and O–H groups in total. The second-order valence-corrected chi connectivity index (χ2v) is 9.81. The predicted octanol–water partition coefficient (Wildman–Crippen LogP) is 3.11. The summed E-state index contributed by atoms with van der Waals surface area (Å²) in [6.45, 7) is 3.71. The molecule has 1 fully saturated rings. The van der Waals surface area contributed by atoms with Crippen LogP contribution in [0.15, 0.2) is 58.4 Å². The first-order chi connectivity index (χ1) is 14.3. The summed E-state index contributed by atoms with van der Waals surface area (Å²) < 4.78 is 26.4. The Morgan fingerprint density at radius 1 is 1.10 bits per heavy atom. The van der Waals surface area contributed by atoms with Crippen LogP contribution in [-0.4, -0.2) is 70.9 Å². The highest BCUT2D eigenvalue weighted by molar-refractivity contribution is 14.0. The molecular formula is C21H29ClIN5O2S. The third-order valence-electron chi connectivity index (χ3n) is 5.13. The lowest BCUT2D eigenvalue weighted by Gasteiger charge is -2.37. The molecule has 170 valence electrons. The van der Waals surface area contributed by atoms with Crippen LogP contribution in [0.4, 0.5) is 5.69 Å². The molecule has 1 aliphatic heterocycles. The minimum atomic E-state index is -3.51. The van der Waals surface area contributed by atoms with Gasteiger partial charge in [-0.1, -0.05) is 35.9 Å². The van der Waals surface area contributed by atoms with Crippen LogP contribution in [0, 0.1) is 0 Å². The topological polar surface area (TPSA) is 68.2 Å². The fraction of sp³-hybridized carbons (Fsp3) is 0.381. The van der Waals surface area contributed by atoms with E-state index >= 15 is 0 Å². The molecule has 2 aromatic rings. The molecule has 0 bridgehead atoms. The van der Waals surface area contributed by atoms with Crippen molar-refractivity contribution in [3.05, 3.63) is 59.1 Å². The van der Waals surface area contributed by atoms with Gasteiger partial charge in [-0.3, -0.25) is 4.99 Å². The molecule has 0 amide bonds. The van der Waals surface area contributed by atoms with Gasteiger partial charge >= 0.3 is 0 Å². The summed E-state index contributed by atoms with van der Waals surface area (Å²) in [5, 5.41) is 4.06. The number of rotatable bonds is 5. The molecule has 0 aromatic heterocycles. The van der Waals surface area contributed by atoms with Gasteiger partial charge in [0.1, 0.15) is 0 Å². The van der Waals surface area contributed by atoms with Crippen molar-refractivity contribution in [1.82, 2.24) is 14.5 Å². The highest BCUT2D eigenvalue weighted by Gasteiger charge is 2.23. The second kappa shape index (κ2) is 11.3. The Morgan fingerprint density at radius 2 is 1.77 bits per heavy atom. The Morgan fingerprint density at radius 3 is 2.39 bits per heavy atom. The van der Waals surface area contributed by atoms with Gasteiger partial charge < -0.3 is 15.1 Å². The van der Waals surface area contributed by atoms with Crippen LogP contribution in [0.1, 0.15) is 5.56 Å². The monoisotopic (exact) mass is 577 g/mol. The molecule has 0 radical (unpaired) electrons. The largest absolute Gasteiger partial charge is 0.368 e. The fourth-order valence-corrected chi connectivity index (χ4v) is 4.75. The van der Waals surface area contributed by atoms with Gasteiger partial charge in [-0.15, -0.1) is 24.0 Å². The van der Waals surface area contributed by atoms with Crippen LogP contribution < -0.4 is 10.2 Å². The molecule has 10 heteroatoms. The number of aliphatic imine (C=N–C) groups is 1. The van der Waals surface area contributed by atoms with Gasteiger partial charge in [0.05, 0.1) is 4.90 Å². The SMILES string of the molecule is CN=C(NCc1ccccc1S(=O)(=O)N(C)C)N1CCN(c2cccc(Cl)c2)CC1.I. The number of piperazine rings is 1. The molecule has 1 aliphatic rings. The molecule has 1 heterocycles. The van der Waals surface area contributed by atoms with Crippen LogP contribution in [0.2, 0.25) is 5.02 Å². The first kappa shape index (κ1) is 25.7. The van der Waals surface area contributed by atoms with E-state index in [0.29, 0.717) is 17.0 Å². The van der Waals surface area contributed by atoms with Crippen LogP contribution in [0.25, 0.3) is 0 Å².